The smallest absolute Gasteiger partial charge is 0.348 e. The van der Waals surface area contributed by atoms with Gasteiger partial charge in [-0.25, -0.2) is 9.59 Å². The number of thioether (sulfide) groups is 1. The van der Waals surface area contributed by atoms with Crippen molar-refractivity contribution in [3.63, 3.8) is 0 Å². The summed E-state index contributed by atoms with van der Waals surface area (Å²) < 4.78 is 14.5. The van der Waals surface area contributed by atoms with E-state index < -0.39 is 17.9 Å². The van der Waals surface area contributed by atoms with E-state index in [-0.39, 0.29) is 40.2 Å². The number of ether oxygens (including phenoxy) is 3. The molecule has 0 spiro atoms. The molecule has 1 rings (SSSR count). The van der Waals surface area contributed by atoms with Crippen LogP contribution < -0.4 is 5.73 Å². The van der Waals surface area contributed by atoms with E-state index in [1.807, 2.05) is 0 Å². The minimum atomic E-state index is -0.592. The Morgan fingerprint density at radius 1 is 1.13 bits per heavy atom. The van der Waals surface area contributed by atoms with Crippen LogP contribution in [0.25, 0.3) is 0 Å². The first-order valence-corrected chi connectivity index (χ1v) is 8.83. The predicted molar refractivity (Wildman–Crippen MR) is 88.8 cm³/mol. The van der Waals surface area contributed by atoms with Gasteiger partial charge in [0.05, 0.1) is 31.6 Å². The molecule has 0 saturated heterocycles. The first-order valence-electron chi connectivity index (χ1n) is 6.86. The molecule has 0 radical (unpaired) electrons. The lowest BCUT2D eigenvalue weighted by Gasteiger charge is -2.07. The first-order chi connectivity index (χ1) is 11.0. The fourth-order valence-electron chi connectivity index (χ4n) is 1.71. The lowest BCUT2D eigenvalue weighted by Crippen LogP contribution is -2.11. The summed E-state index contributed by atoms with van der Waals surface area (Å²) in [4.78, 5) is 35.6. The number of anilines is 1. The molecule has 0 aliphatic carbocycles. The van der Waals surface area contributed by atoms with Gasteiger partial charge >= 0.3 is 17.9 Å². The molecule has 128 valence electrons. The van der Waals surface area contributed by atoms with Gasteiger partial charge in [-0.2, -0.15) is 0 Å². The van der Waals surface area contributed by atoms with Crippen LogP contribution in [0.2, 0.25) is 0 Å². The van der Waals surface area contributed by atoms with Crippen LogP contribution in [-0.2, 0) is 24.8 Å². The topological polar surface area (TPSA) is 105 Å². The highest BCUT2D eigenvalue weighted by Crippen LogP contribution is 2.35. The molecule has 0 aliphatic heterocycles. The summed E-state index contributed by atoms with van der Waals surface area (Å²) in [6.07, 6.45) is 0. The minimum absolute atomic E-state index is 0.0940. The lowest BCUT2D eigenvalue weighted by molar-refractivity contribution is -0.137. The molecule has 0 unspecified atom stereocenters. The van der Waals surface area contributed by atoms with Crippen molar-refractivity contribution in [2.75, 3.05) is 31.8 Å². The van der Waals surface area contributed by atoms with Crippen LogP contribution in [-0.4, -0.2) is 44.0 Å². The average Bonchev–Trinajstić information content (AvgIpc) is 2.84. The molecule has 0 atom stereocenters. The quantitative estimate of drug-likeness (QED) is 0.554. The molecule has 9 heteroatoms. The van der Waals surface area contributed by atoms with E-state index in [9.17, 15) is 14.4 Å². The molecule has 23 heavy (non-hydrogen) atoms. The van der Waals surface area contributed by atoms with E-state index in [2.05, 4.69) is 4.74 Å². The monoisotopic (exact) mass is 361 g/mol. The summed E-state index contributed by atoms with van der Waals surface area (Å²) >= 11 is 2.19. The van der Waals surface area contributed by atoms with E-state index >= 15 is 0 Å². The first kappa shape index (κ1) is 19.3. The van der Waals surface area contributed by atoms with Gasteiger partial charge in [0, 0.05) is 11.3 Å². The molecule has 2 N–H and O–H groups in total. The Morgan fingerprint density at radius 3 is 2.30 bits per heavy atom. The molecule has 0 fully saturated rings. The third-order valence-corrected chi connectivity index (χ3v) is 4.64. The van der Waals surface area contributed by atoms with Crippen LogP contribution in [0.15, 0.2) is 0 Å². The minimum Gasteiger partial charge on any atom is -0.468 e. The SMILES string of the molecule is CCOC(=O)c1sc(N)c(C(=O)OCC)c1CSCC(=O)OC. The zero-order chi connectivity index (χ0) is 17.4. The van der Waals surface area contributed by atoms with Gasteiger partial charge < -0.3 is 19.9 Å². The van der Waals surface area contributed by atoms with Crippen LogP contribution >= 0.6 is 23.1 Å². The number of carbonyl (C=O) groups excluding carboxylic acids is 3. The largest absolute Gasteiger partial charge is 0.468 e. The zero-order valence-electron chi connectivity index (χ0n) is 13.2. The van der Waals surface area contributed by atoms with Crippen molar-refractivity contribution >= 4 is 46.0 Å². The van der Waals surface area contributed by atoms with Crippen molar-refractivity contribution in [2.24, 2.45) is 0 Å². The maximum absolute atomic E-state index is 12.1. The number of hydrogen-bond acceptors (Lipinski definition) is 9. The Bertz CT molecular complexity index is 584. The molecular weight excluding hydrogens is 342 g/mol. The third kappa shape index (κ3) is 5.14. The van der Waals surface area contributed by atoms with Gasteiger partial charge in [-0.15, -0.1) is 23.1 Å². The van der Waals surface area contributed by atoms with E-state index in [1.54, 1.807) is 13.8 Å². The molecule has 0 aromatic carbocycles. The fourth-order valence-corrected chi connectivity index (χ4v) is 3.65. The van der Waals surface area contributed by atoms with Gasteiger partial charge in [-0.05, 0) is 13.8 Å². The van der Waals surface area contributed by atoms with Crippen LogP contribution in [0, 0.1) is 0 Å². The summed E-state index contributed by atoms with van der Waals surface area (Å²) in [7, 11) is 1.29. The van der Waals surface area contributed by atoms with Crippen molar-refractivity contribution in [3.8, 4) is 0 Å². The molecular formula is C14H19NO6S2. The highest BCUT2D eigenvalue weighted by atomic mass is 32.2. The second-order valence-electron chi connectivity index (χ2n) is 4.16. The van der Waals surface area contributed by atoms with Crippen LogP contribution in [0.5, 0.6) is 0 Å². The van der Waals surface area contributed by atoms with E-state index in [1.165, 1.54) is 18.9 Å². The van der Waals surface area contributed by atoms with Crippen molar-refractivity contribution in [2.45, 2.75) is 19.6 Å². The molecule has 1 aromatic rings. The maximum Gasteiger partial charge on any atom is 0.348 e. The summed E-state index contributed by atoms with van der Waals surface area (Å²) in [5, 5.41) is 0.195. The zero-order valence-corrected chi connectivity index (χ0v) is 14.8. The number of thiophene rings is 1. The van der Waals surface area contributed by atoms with Gasteiger partial charge in [0.15, 0.2) is 0 Å². The van der Waals surface area contributed by atoms with Gasteiger partial charge in [0.1, 0.15) is 9.88 Å². The lowest BCUT2D eigenvalue weighted by atomic mass is 10.1. The Labute approximate surface area is 142 Å². The summed E-state index contributed by atoms with van der Waals surface area (Å²) in [6, 6.07) is 0. The molecule has 7 nitrogen and oxygen atoms in total. The van der Waals surface area contributed by atoms with Crippen molar-refractivity contribution in [3.05, 3.63) is 16.0 Å². The van der Waals surface area contributed by atoms with Crippen LogP contribution in [0.1, 0.15) is 39.4 Å². The number of methoxy groups -OCH3 is 1. The highest BCUT2D eigenvalue weighted by molar-refractivity contribution is 7.99. The van der Waals surface area contributed by atoms with Crippen molar-refractivity contribution in [1.29, 1.82) is 0 Å². The Hall–Kier alpha value is -1.74. The van der Waals surface area contributed by atoms with Crippen LogP contribution in [0.3, 0.4) is 0 Å². The molecule has 0 amide bonds. The fraction of sp³-hybridized carbons (Fsp3) is 0.500. The summed E-state index contributed by atoms with van der Waals surface area (Å²) in [6.45, 7) is 3.77. The average molecular weight is 361 g/mol. The summed E-state index contributed by atoms with van der Waals surface area (Å²) in [5.74, 6) is -1.20. The highest BCUT2D eigenvalue weighted by Gasteiger charge is 2.27. The number of hydrogen-bond donors (Lipinski definition) is 1. The number of nitrogens with two attached hydrogens (primary N) is 1. The summed E-state index contributed by atoms with van der Waals surface area (Å²) in [5.41, 5.74) is 6.47. The van der Waals surface area contributed by atoms with Crippen LogP contribution in [0.4, 0.5) is 5.00 Å². The Morgan fingerprint density at radius 2 is 1.74 bits per heavy atom. The Balaban J connectivity index is 3.10. The van der Waals surface area contributed by atoms with E-state index in [4.69, 9.17) is 15.2 Å². The normalized spacial score (nSPS) is 10.2. The van der Waals surface area contributed by atoms with Gasteiger partial charge in [-0.3, -0.25) is 4.79 Å². The second-order valence-corrected chi connectivity index (χ2v) is 6.20. The number of nitrogen functional groups attached to an aromatic ring is 1. The number of carbonyl (C=O) groups is 3. The van der Waals surface area contributed by atoms with Gasteiger partial charge in [0.2, 0.25) is 0 Å². The second kappa shape index (κ2) is 9.41. The number of rotatable bonds is 8. The van der Waals surface area contributed by atoms with Gasteiger partial charge in [0.25, 0.3) is 0 Å². The van der Waals surface area contributed by atoms with Crippen molar-refractivity contribution in [1.82, 2.24) is 0 Å². The molecule has 0 aliphatic rings. The van der Waals surface area contributed by atoms with E-state index in [0.29, 0.717) is 5.56 Å². The van der Waals surface area contributed by atoms with E-state index in [0.717, 1.165) is 11.3 Å². The molecule has 1 aromatic heterocycles. The standard InChI is InChI=1S/C14H19NO6S2/c1-4-20-13(17)10-8(6-22-7-9(16)19-3)11(23-12(10)15)14(18)21-5-2/h4-7,15H2,1-3H3. The number of esters is 3. The maximum atomic E-state index is 12.1. The van der Waals surface area contributed by atoms with Crippen molar-refractivity contribution < 1.29 is 28.6 Å². The predicted octanol–water partition coefficient (Wildman–Crippen LogP) is 2.09. The Kier molecular flexibility index (Phi) is 7.90. The molecule has 0 saturated carbocycles. The molecule has 1 heterocycles. The third-order valence-electron chi connectivity index (χ3n) is 2.67. The molecule has 0 bridgehead atoms. The van der Waals surface area contributed by atoms with Gasteiger partial charge in [-0.1, -0.05) is 0 Å².